The lowest BCUT2D eigenvalue weighted by atomic mass is 10.0. The minimum atomic E-state index is 0.202. The van der Waals surface area contributed by atoms with E-state index >= 15 is 0 Å². The van der Waals surface area contributed by atoms with E-state index in [0.717, 1.165) is 54.3 Å². The summed E-state index contributed by atoms with van der Waals surface area (Å²) in [6.07, 6.45) is 6.28. The molecule has 0 saturated heterocycles. The number of halogens is 1. The number of aromatic nitrogens is 2. The predicted molar refractivity (Wildman–Crippen MR) is 85.7 cm³/mol. The van der Waals surface area contributed by atoms with E-state index in [9.17, 15) is 0 Å². The van der Waals surface area contributed by atoms with Crippen LogP contribution in [0.25, 0.3) is 0 Å². The van der Waals surface area contributed by atoms with Crippen molar-refractivity contribution in [3.63, 3.8) is 0 Å². The molecule has 0 spiro atoms. The second kappa shape index (κ2) is 7.66. The van der Waals surface area contributed by atoms with Crippen LogP contribution in [0.2, 0.25) is 5.02 Å². The highest BCUT2D eigenvalue weighted by molar-refractivity contribution is 6.31. The third-order valence-electron chi connectivity index (χ3n) is 3.68. The molecular formula is C16H24ClN3O. The smallest absolute Gasteiger partial charge is 0.0950 e. The molecule has 1 unspecified atom stereocenters. The quantitative estimate of drug-likeness (QED) is 0.801. The molecule has 0 amide bonds. The Bertz CT molecular complexity index is 548. The van der Waals surface area contributed by atoms with Crippen molar-refractivity contribution in [2.24, 2.45) is 0 Å². The number of aryl methyl sites for hydroxylation is 2. The topological polar surface area (TPSA) is 43.0 Å². The Morgan fingerprint density at radius 2 is 2.19 bits per heavy atom. The van der Waals surface area contributed by atoms with Crippen molar-refractivity contribution in [3.8, 4) is 0 Å². The molecule has 0 fully saturated rings. The van der Waals surface area contributed by atoms with Crippen LogP contribution in [0.3, 0.4) is 0 Å². The average molecular weight is 310 g/mol. The monoisotopic (exact) mass is 309 g/mol. The Balaban J connectivity index is 2.25. The molecule has 5 heteroatoms. The van der Waals surface area contributed by atoms with Crippen molar-refractivity contribution in [1.29, 1.82) is 0 Å². The van der Waals surface area contributed by atoms with Gasteiger partial charge in [-0.25, -0.2) is 0 Å². The first-order valence-corrected chi connectivity index (χ1v) is 8.08. The highest BCUT2D eigenvalue weighted by atomic mass is 35.5. The molecule has 0 saturated carbocycles. The van der Waals surface area contributed by atoms with Crippen molar-refractivity contribution < 1.29 is 4.42 Å². The molecule has 4 nitrogen and oxygen atoms in total. The summed E-state index contributed by atoms with van der Waals surface area (Å²) < 4.78 is 7.25. The first-order chi connectivity index (χ1) is 10.2. The van der Waals surface area contributed by atoms with E-state index in [4.69, 9.17) is 16.0 Å². The summed E-state index contributed by atoms with van der Waals surface area (Å²) in [5.74, 6) is 0. The van der Waals surface area contributed by atoms with Gasteiger partial charge >= 0.3 is 0 Å². The zero-order chi connectivity index (χ0) is 15.2. The number of hydrogen-bond donors (Lipinski definition) is 1. The molecule has 0 aromatic carbocycles. The van der Waals surface area contributed by atoms with Crippen LogP contribution in [0.4, 0.5) is 0 Å². The second-order valence-electron chi connectivity index (χ2n) is 5.14. The standard InChI is InChI=1S/C16H24ClN3O/c1-4-8-18-14(12-7-9-21-11-12)10-15-16(17)13(5-2)19-20(15)6-3/h7,9,11,14,18H,4-6,8,10H2,1-3H3. The van der Waals surface area contributed by atoms with Crippen molar-refractivity contribution >= 4 is 11.6 Å². The van der Waals surface area contributed by atoms with E-state index < -0.39 is 0 Å². The molecule has 0 radical (unpaired) electrons. The van der Waals surface area contributed by atoms with Gasteiger partial charge in [0.25, 0.3) is 0 Å². The highest BCUT2D eigenvalue weighted by Crippen LogP contribution is 2.27. The molecule has 21 heavy (non-hydrogen) atoms. The lowest BCUT2D eigenvalue weighted by Crippen LogP contribution is -2.25. The summed E-state index contributed by atoms with van der Waals surface area (Å²) in [6, 6.07) is 2.21. The van der Waals surface area contributed by atoms with Crippen LogP contribution in [0.5, 0.6) is 0 Å². The first-order valence-electron chi connectivity index (χ1n) is 7.70. The number of nitrogens with zero attached hydrogens (tertiary/aromatic N) is 2. The van der Waals surface area contributed by atoms with E-state index in [1.165, 1.54) is 0 Å². The molecule has 2 heterocycles. The maximum Gasteiger partial charge on any atom is 0.0950 e. The maximum absolute atomic E-state index is 6.51. The number of nitrogens with one attached hydrogen (secondary N) is 1. The molecule has 0 bridgehead atoms. The van der Waals surface area contributed by atoms with Gasteiger partial charge in [0.15, 0.2) is 0 Å². The Labute approximate surface area is 131 Å². The van der Waals surface area contributed by atoms with Crippen molar-refractivity contribution in [1.82, 2.24) is 15.1 Å². The third-order valence-corrected chi connectivity index (χ3v) is 4.11. The van der Waals surface area contributed by atoms with Crippen LogP contribution >= 0.6 is 11.6 Å². The van der Waals surface area contributed by atoms with Gasteiger partial charge in [-0.2, -0.15) is 5.10 Å². The lowest BCUT2D eigenvalue weighted by Gasteiger charge is -2.18. The SMILES string of the molecule is CCCNC(Cc1c(Cl)c(CC)nn1CC)c1ccoc1. The third kappa shape index (κ3) is 3.69. The van der Waals surface area contributed by atoms with E-state index in [1.807, 2.05) is 10.7 Å². The van der Waals surface area contributed by atoms with Gasteiger partial charge in [0.05, 0.1) is 28.9 Å². The van der Waals surface area contributed by atoms with Gasteiger partial charge < -0.3 is 9.73 Å². The summed E-state index contributed by atoms with van der Waals surface area (Å²) in [5, 5.41) is 8.97. The van der Waals surface area contributed by atoms with Crippen LogP contribution in [0.15, 0.2) is 23.0 Å². The van der Waals surface area contributed by atoms with Crippen molar-refractivity contribution in [3.05, 3.63) is 40.6 Å². The Hall–Kier alpha value is -1.26. The van der Waals surface area contributed by atoms with Crippen LogP contribution in [-0.4, -0.2) is 16.3 Å². The minimum absolute atomic E-state index is 0.202. The van der Waals surface area contributed by atoms with Gasteiger partial charge in [-0.3, -0.25) is 4.68 Å². The van der Waals surface area contributed by atoms with Crippen LogP contribution in [0.1, 0.15) is 50.2 Å². The zero-order valence-electron chi connectivity index (χ0n) is 13.0. The van der Waals surface area contributed by atoms with E-state index in [0.29, 0.717) is 0 Å². The molecule has 116 valence electrons. The van der Waals surface area contributed by atoms with Gasteiger partial charge in [0, 0.05) is 24.6 Å². The Kier molecular flexibility index (Phi) is 5.88. The molecule has 0 aliphatic rings. The Morgan fingerprint density at radius 1 is 1.38 bits per heavy atom. The fraction of sp³-hybridized carbons (Fsp3) is 0.562. The normalized spacial score (nSPS) is 12.8. The van der Waals surface area contributed by atoms with Crippen molar-refractivity contribution in [2.75, 3.05) is 6.54 Å². The summed E-state index contributed by atoms with van der Waals surface area (Å²) in [6.45, 7) is 8.15. The fourth-order valence-corrected chi connectivity index (χ4v) is 2.85. The average Bonchev–Trinajstić information content (AvgIpc) is 3.12. The van der Waals surface area contributed by atoms with Gasteiger partial charge in [-0.1, -0.05) is 25.4 Å². The second-order valence-corrected chi connectivity index (χ2v) is 5.52. The van der Waals surface area contributed by atoms with E-state index in [1.54, 1.807) is 12.5 Å². The lowest BCUT2D eigenvalue weighted by molar-refractivity contribution is 0.492. The maximum atomic E-state index is 6.51. The zero-order valence-corrected chi connectivity index (χ0v) is 13.8. The minimum Gasteiger partial charge on any atom is -0.472 e. The largest absolute Gasteiger partial charge is 0.472 e. The molecule has 2 rings (SSSR count). The predicted octanol–water partition coefficient (Wildman–Crippen LogP) is 4.00. The van der Waals surface area contributed by atoms with Gasteiger partial charge in [0.2, 0.25) is 0 Å². The molecule has 0 aliphatic carbocycles. The Morgan fingerprint density at radius 3 is 2.76 bits per heavy atom. The van der Waals surface area contributed by atoms with Crippen LogP contribution in [-0.2, 0) is 19.4 Å². The molecule has 1 atom stereocenters. The van der Waals surface area contributed by atoms with E-state index in [2.05, 4.69) is 31.2 Å². The van der Waals surface area contributed by atoms with Gasteiger partial charge in [-0.15, -0.1) is 0 Å². The summed E-state index contributed by atoms with van der Waals surface area (Å²) in [4.78, 5) is 0. The van der Waals surface area contributed by atoms with Gasteiger partial charge in [0.1, 0.15) is 0 Å². The fourth-order valence-electron chi connectivity index (χ4n) is 2.51. The molecule has 0 aliphatic heterocycles. The summed E-state index contributed by atoms with van der Waals surface area (Å²) in [7, 11) is 0. The van der Waals surface area contributed by atoms with E-state index in [-0.39, 0.29) is 6.04 Å². The first kappa shape index (κ1) is 16.1. The summed E-state index contributed by atoms with van der Waals surface area (Å²) in [5.41, 5.74) is 3.24. The molecular weight excluding hydrogens is 286 g/mol. The summed E-state index contributed by atoms with van der Waals surface area (Å²) >= 11 is 6.51. The molecule has 1 N–H and O–H groups in total. The molecule has 2 aromatic rings. The number of furan rings is 1. The van der Waals surface area contributed by atoms with Crippen LogP contribution in [0, 0.1) is 0 Å². The number of hydrogen-bond acceptors (Lipinski definition) is 3. The van der Waals surface area contributed by atoms with Gasteiger partial charge in [-0.05, 0) is 32.4 Å². The molecule has 2 aromatic heterocycles. The van der Waals surface area contributed by atoms with Crippen LogP contribution < -0.4 is 5.32 Å². The number of rotatable bonds is 8. The highest BCUT2D eigenvalue weighted by Gasteiger charge is 2.20. The van der Waals surface area contributed by atoms with Crippen molar-refractivity contribution in [2.45, 2.75) is 52.6 Å².